The second-order valence-corrected chi connectivity index (χ2v) is 4.71. The summed E-state index contributed by atoms with van der Waals surface area (Å²) >= 11 is 1.65. The molecule has 0 spiro atoms. The molecule has 1 aromatic carbocycles. The van der Waals surface area contributed by atoms with Gasteiger partial charge in [0.15, 0.2) is 0 Å². The molecule has 0 unspecified atom stereocenters. The summed E-state index contributed by atoms with van der Waals surface area (Å²) in [6, 6.07) is 4.44. The maximum absolute atomic E-state index is 10.6. The van der Waals surface area contributed by atoms with Crippen LogP contribution < -0.4 is 11.1 Å². The fourth-order valence-electron chi connectivity index (χ4n) is 1.58. The number of thiophene rings is 1. The maximum atomic E-state index is 10.6. The van der Waals surface area contributed by atoms with E-state index in [4.69, 9.17) is 5.73 Å². The van der Waals surface area contributed by atoms with E-state index in [1.54, 1.807) is 17.4 Å². The van der Waals surface area contributed by atoms with E-state index in [0.717, 1.165) is 0 Å². The van der Waals surface area contributed by atoms with Crippen LogP contribution in [0.25, 0.3) is 0 Å². The molecule has 0 bridgehead atoms. The number of benzene rings is 1. The van der Waals surface area contributed by atoms with E-state index in [0.29, 0.717) is 17.9 Å². The molecule has 3 N–H and O–H groups in total. The fraction of sp³-hybridized carbons (Fsp3) is 0.167. The quantitative estimate of drug-likeness (QED) is 0.504. The summed E-state index contributed by atoms with van der Waals surface area (Å²) in [5, 5.41) is 17.9. The van der Waals surface area contributed by atoms with Crippen LogP contribution in [-0.2, 0) is 6.54 Å². The lowest BCUT2D eigenvalue weighted by atomic mass is 10.2. The molecule has 0 aliphatic rings. The zero-order valence-electron chi connectivity index (χ0n) is 9.84. The Morgan fingerprint density at radius 3 is 2.78 bits per heavy atom. The Balaban J connectivity index is 2.11. The molecule has 0 amide bonds. The van der Waals surface area contributed by atoms with Crippen molar-refractivity contribution in [1.82, 2.24) is 0 Å². The van der Waals surface area contributed by atoms with Crippen molar-refractivity contribution in [2.45, 2.75) is 13.5 Å². The van der Waals surface area contributed by atoms with Gasteiger partial charge in [-0.2, -0.15) is 11.3 Å². The summed E-state index contributed by atoms with van der Waals surface area (Å²) in [4.78, 5) is 10.1. The average molecular weight is 263 g/mol. The van der Waals surface area contributed by atoms with Gasteiger partial charge in [-0.3, -0.25) is 10.1 Å². The topological polar surface area (TPSA) is 81.2 Å². The normalized spacial score (nSPS) is 10.3. The van der Waals surface area contributed by atoms with E-state index in [2.05, 4.69) is 16.1 Å². The van der Waals surface area contributed by atoms with Gasteiger partial charge in [0.2, 0.25) is 0 Å². The minimum absolute atomic E-state index is 0.00441. The van der Waals surface area contributed by atoms with Crippen molar-refractivity contribution < 1.29 is 4.92 Å². The molecule has 2 aromatic rings. The summed E-state index contributed by atoms with van der Waals surface area (Å²) in [5.74, 6) is 0. The summed E-state index contributed by atoms with van der Waals surface area (Å²) in [5.41, 5.74) is 9.31. The van der Waals surface area contributed by atoms with Crippen LogP contribution in [0.1, 0.15) is 11.1 Å². The predicted octanol–water partition coefficient (Wildman–Crippen LogP) is 3.16. The lowest BCUT2D eigenvalue weighted by molar-refractivity contribution is -0.384. The molecule has 18 heavy (non-hydrogen) atoms. The SMILES string of the molecule is Cc1cscc1CNc1ccc([N+](=O)[O-])cc1N. The number of nitrogens with zero attached hydrogens (tertiary/aromatic N) is 1. The lowest BCUT2D eigenvalue weighted by Gasteiger charge is -2.08. The summed E-state index contributed by atoms with van der Waals surface area (Å²) in [6.07, 6.45) is 0. The van der Waals surface area contributed by atoms with Gasteiger partial charge in [-0.25, -0.2) is 0 Å². The Hall–Kier alpha value is -2.08. The highest BCUT2D eigenvalue weighted by atomic mass is 32.1. The zero-order chi connectivity index (χ0) is 13.1. The zero-order valence-corrected chi connectivity index (χ0v) is 10.7. The minimum atomic E-state index is -0.455. The number of aryl methyl sites for hydroxylation is 1. The van der Waals surface area contributed by atoms with Crippen LogP contribution in [0.5, 0.6) is 0 Å². The van der Waals surface area contributed by atoms with E-state index in [1.807, 2.05) is 6.92 Å². The molecule has 2 rings (SSSR count). The van der Waals surface area contributed by atoms with Crippen molar-refractivity contribution in [1.29, 1.82) is 0 Å². The monoisotopic (exact) mass is 263 g/mol. The molecule has 6 heteroatoms. The molecule has 1 aromatic heterocycles. The van der Waals surface area contributed by atoms with E-state index in [-0.39, 0.29) is 5.69 Å². The Morgan fingerprint density at radius 2 is 2.22 bits per heavy atom. The van der Waals surface area contributed by atoms with Crippen LogP contribution in [0.3, 0.4) is 0 Å². The molecule has 0 atom stereocenters. The molecule has 0 fully saturated rings. The van der Waals surface area contributed by atoms with Crippen LogP contribution >= 0.6 is 11.3 Å². The van der Waals surface area contributed by atoms with Gasteiger partial charge in [0.1, 0.15) is 0 Å². The largest absolute Gasteiger partial charge is 0.397 e. The average Bonchev–Trinajstić information content (AvgIpc) is 2.73. The number of hydrogen-bond acceptors (Lipinski definition) is 5. The molecule has 1 heterocycles. The van der Waals surface area contributed by atoms with E-state index < -0.39 is 4.92 Å². The van der Waals surface area contributed by atoms with E-state index in [1.165, 1.54) is 23.3 Å². The van der Waals surface area contributed by atoms with Crippen LogP contribution in [-0.4, -0.2) is 4.92 Å². The summed E-state index contributed by atoms with van der Waals surface area (Å²) in [6.45, 7) is 2.71. The maximum Gasteiger partial charge on any atom is 0.271 e. The number of non-ortho nitro benzene ring substituents is 1. The molecule has 0 aliphatic carbocycles. The standard InChI is InChI=1S/C12H13N3O2S/c1-8-6-18-7-9(8)5-14-12-3-2-10(15(16)17)4-11(12)13/h2-4,6-7,14H,5,13H2,1H3. The number of nitrogen functional groups attached to an aromatic ring is 1. The second kappa shape index (κ2) is 5.05. The smallest absolute Gasteiger partial charge is 0.271 e. The van der Waals surface area contributed by atoms with Gasteiger partial charge in [-0.1, -0.05) is 0 Å². The number of nitrogens with two attached hydrogens (primary N) is 1. The molecule has 0 radical (unpaired) electrons. The number of nitro benzene ring substituents is 1. The fourth-order valence-corrected chi connectivity index (χ4v) is 2.44. The molecular formula is C12H13N3O2S. The number of hydrogen-bond donors (Lipinski definition) is 2. The third-order valence-electron chi connectivity index (χ3n) is 2.68. The molecule has 5 nitrogen and oxygen atoms in total. The predicted molar refractivity (Wildman–Crippen MR) is 73.9 cm³/mol. The molecule has 0 aliphatic heterocycles. The lowest BCUT2D eigenvalue weighted by Crippen LogP contribution is -2.03. The summed E-state index contributed by atoms with van der Waals surface area (Å²) < 4.78 is 0. The highest BCUT2D eigenvalue weighted by Crippen LogP contribution is 2.25. The number of nitrogens with one attached hydrogen (secondary N) is 1. The van der Waals surface area contributed by atoms with Crippen molar-refractivity contribution in [3.05, 3.63) is 50.2 Å². The van der Waals surface area contributed by atoms with E-state index in [9.17, 15) is 10.1 Å². The van der Waals surface area contributed by atoms with Crippen LogP contribution in [0.15, 0.2) is 29.0 Å². The Morgan fingerprint density at radius 1 is 1.44 bits per heavy atom. The Kier molecular flexibility index (Phi) is 3.47. The molecular weight excluding hydrogens is 250 g/mol. The first-order valence-corrected chi connectivity index (χ1v) is 6.31. The van der Waals surface area contributed by atoms with Gasteiger partial charge in [-0.05, 0) is 34.9 Å². The van der Waals surface area contributed by atoms with Crippen LogP contribution in [0.4, 0.5) is 17.1 Å². The third kappa shape index (κ3) is 2.60. The van der Waals surface area contributed by atoms with Crippen molar-refractivity contribution in [2.24, 2.45) is 0 Å². The number of rotatable bonds is 4. The highest BCUT2D eigenvalue weighted by Gasteiger charge is 2.08. The van der Waals surface area contributed by atoms with Crippen LogP contribution in [0, 0.1) is 17.0 Å². The van der Waals surface area contributed by atoms with Crippen molar-refractivity contribution in [3.8, 4) is 0 Å². The second-order valence-electron chi connectivity index (χ2n) is 3.96. The molecule has 94 valence electrons. The van der Waals surface area contributed by atoms with Gasteiger partial charge in [0.25, 0.3) is 5.69 Å². The first-order chi connectivity index (χ1) is 8.58. The highest BCUT2D eigenvalue weighted by molar-refractivity contribution is 7.08. The third-order valence-corrected chi connectivity index (χ3v) is 3.59. The van der Waals surface area contributed by atoms with Gasteiger partial charge in [-0.15, -0.1) is 0 Å². The van der Waals surface area contributed by atoms with Gasteiger partial charge in [0, 0.05) is 18.7 Å². The van der Waals surface area contributed by atoms with Gasteiger partial charge in [0.05, 0.1) is 16.3 Å². The van der Waals surface area contributed by atoms with Crippen molar-refractivity contribution in [2.75, 3.05) is 11.1 Å². The van der Waals surface area contributed by atoms with Gasteiger partial charge >= 0.3 is 0 Å². The van der Waals surface area contributed by atoms with Crippen molar-refractivity contribution >= 4 is 28.4 Å². The first kappa shape index (κ1) is 12.4. The Bertz CT molecular complexity index is 580. The number of nitro groups is 1. The van der Waals surface area contributed by atoms with Crippen LogP contribution in [0.2, 0.25) is 0 Å². The number of anilines is 2. The summed E-state index contributed by atoms with van der Waals surface area (Å²) in [7, 11) is 0. The van der Waals surface area contributed by atoms with Gasteiger partial charge < -0.3 is 11.1 Å². The van der Waals surface area contributed by atoms with E-state index >= 15 is 0 Å². The first-order valence-electron chi connectivity index (χ1n) is 5.37. The Labute approximate surface area is 108 Å². The molecule has 0 saturated carbocycles. The minimum Gasteiger partial charge on any atom is -0.397 e. The molecule has 0 saturated heterocycles. The van der Waals surface area contributed by atoms with Crippen molar-refractivity contribution in [3.63, 3.8) is 0 Å².